The zero-order valence-corrected chi connectivity index (χ0v) is 17.9. The predicted molar refractivity (Wildman–Crippen MR) is 114 cm³/mol. The van der Waals surface area contributed by atoms with Gasteiger partial charge in [-0.3, -0.25) is 4.79 Å². The van der Waals surface area contributed by atoms with Crippen molar-refractivity contribution in [2.45, 2.75) is 39.2 Å². The summed E-state index contributed by atoms with van der Waals surface area (Å²) in [6.45, 7) is 5.35. The number of benzene rings is 1. The zero-order chi connectivity index (χ0) is 21.3. The third kappa shape index (κ3) is 3.88. The van der Waals surface area contributed by atoms with E-state index in [1.54, 1.807) is 26.0 Å². The number of hydrogen-bond donors (Lipinski definition) is 0. The number of aliphatic imine (C=N–C) groups is 1. The van der Waals surface area contributed by atoms with E-state index >= 15 is 0 Å². The number of ether oxygens (including phenoxy) is 1. The van der Waals surface area contributed by atoms with E-state index in [9.17, 15) is 14.0 Å². The van der Waals surface area contributed by atoms with Gasteiger partial charge >= 0.3 is 5.97 Å². The summed E-state index contributed by atoms with van der Waals surface area (Å²) >= 11 is 1.43. The number of amidine groups is 1. The SMILES string of the molecule is CCOC(=O)C1=C(C)N=C2SC=C(CC(=O)N3CCCC3)N2[C@H]1c1ccc(F)cc1. The molecule has 0 radical (unpaired) electrons. The Labute approximate surface area is 179 Å². The Morgan fingerprint density at radius 2 is 1.93 bits per heavy atom. The van der Waals surface area contributed by atoms with Gasteiger partial charge in [-0.1, -0.05) is 23.9 Å². The normalized spacial score (nSPS) is 20.8. The molecule has 3 aliphatic heterocycles. The van der Waals surface area contributed by atoms with E-state index in [2.05, 4.69) is 4.99 Å². The van der Waals surface area contributed by atoms with Crippen molar-refractivity contribution >= 4 is 28.8 Å². The van der Waals surface area contributed by atoms with Gasteiger partial charge in [0.2, 0.25) is 5.91 Å². The summed E-state index contributed by atoms with van der Waals surface area (Å²) in [5.74, 6) is -0.728. The minimum atomic E-state index is -0.523. The molecule has 0 aromatic heterocycles. The zero-order valence-electron chi connectivity index (χ0n) is 17.1. The first-order valence-electron chi connectivity index (χ1n) is 10.1. The van der Waals surface area contributed by atoms with Crippen LogP contribution >= 0.6 is 11.8 Å². The third-order valence-electron chi connectivity index (χ3n) is 5.47. The number of likely N-dealkylation sites (tertiary alicyclic amines) is 1. The van der Waals surface area contributed by atoms with Gasteiger partial charge in [0.1, 0.15) is 5.82 Å². The molecule has 1 atom stereocenters. The molecule has 6 nitrogen and oxygen atoms in total. The van der Waals surface area contributed by atoms with E-state index in [0.717, 1.165) is 37.2 Å². The van der Waals surface area contributed by atoms with Gasteiger partial charge in [0, 0.05) is 18.8 Å². The average molecular weight is 430 g/mol. The number of fused-ring (bicyclic) bond motifs is 1. The van der Waals surface area contributed by atoms with Crippen molar-refractivity contribution in [3.63, 3.8) is 0 Å². The maximum atomic E-state index is 13.6. The van der Waals surface area contributed by atoms with Crippen molar-refractivity contribution in [1.82, 2.24) is 9.80 Å². The fourth-order valence-corrected chi connectivity index (χ4v) is 5.00. The summed E-state index contributed by atoms with van der Waals surface area (Å²) in [6.07, 6.45) is 2.30. The molecule has 0 spiro atoms. The first-order valence-corrected chi connectivity index (χ1v) is 11.0. The van der Waals surface area contributed by atoms with E-state index in [1.165, 1.54) is 23.9 Å². The molecule has 0 N–H and O–H groups in total. The van der Waals surface area contributed by atoms with Crippen LogP contribution in [0, 0.1) is 5.82 Å². The van der Waals surface area contributed by atoms with Crippen molar-refractivity contribution in [1.29, 1.82) is 0 Å². The highest BCUT2D eigenvalue weighted by molar-refractivity contribution is 8.16. The van der Waals surface area contributed by atoms with Gasteiger partial charge in [0.15, 0.2) is 5.17 Å². The Bertz CT molecular complexity index is 949. The van der Waals surface area contributed by atoms with Crippen LogP contribution < -0.4 is 0 Å². The van der Waals surface area contributed by atoms with Gasteiger partial charge in [-0.2, -0.15) is 0 Å². The lowest BCUT2D eigenvalue weighted by atomic mass is 9.94. The molecule has 1 fully saturated rings. The molecule has 1 saturated heterocycles. The molecule has 0 saturated carbocycles. The lowest BCUT2D eigenvalue weighted by Crippen LogP contribution is -2.38. The second kappa shape index (κ2) is 8.63. The van der Waals surface area contributed by atoms with Gasteiger partial charge in [0.05, 0.1) is 30.3 Å². The molecule has 8 heteroatoms. The maximum Gasteiger partial charge on any atom is 0.338 e. The molecule has 158 valence electrons. The molecule has 4 rings (SSSR count). The summed E-state index contributed by atoms with van der Waals surface area (Å²) in [6, 6.07) is 5.56. The van der Waals surface area contributed by atoms with Gasteiger partial charge in [-0.15, -0.1) is 0 Å². The van der Waals surface area contributed by atoms with E-state index in [4.69, 9.17) is 4.74 Å². The topological polar surface area (TPSA) is 62.2 Å². The standard InChI is InChI=1S/C22H24FN3O3S/c1-3-29-21(28)19-14(2)24-22-26(20(19)15-6-8-16(23)9-7-15)17(13-30-22)12-18(27)25-10-4-5-11-25/h6-9,13,20H,3-5,10-12H2,1-2H3/t20-/m0/s1. The van der Waals surface area contributed by atoms with Gasteiger partial charge in [-0.05, 0) is 49.8 Å². The second-order valence-corrected chi connectivity index (χ2v) is 8.27. The van der Waals surface area contributed by atoms with Crippen molar-refractivity contribution in [3.05, 3.63) is 58.0 Å². The summed E-state index contributed by atoms with van der Waals surface area (Å²) in [4.78, 5) is 34.0. The summed E-state index contributed by atoms with van der Waals surface area (Å²) in [5, 5.41) is 2.63. The van der Waals surface area contributed by atoms with Crippen molar-refractivity contribution < 1.29 is 18.7 Å². The van der Waals surface area contributed by atoms with Crippen LogP contribution in [0.15, 0.2) is 51.6 Å². The van der Waals surface area contributed by atoms with Crippen LogP contribution in [0.3, 0.4) is 0 Å². The highest BCUT2D eigenvalue weighted by Gasteiger charge is 2.41. The molecule has 0 unspecified atom stereocenters. The number of thioether (sulfide) groups is 1. The molecule has 1 aromatic rings. The Morgan fingerprint density at radius 1 is 1.23 bits per heavy atom. The lowest BCUT2D eigenvalue weighted by Gasteiger charge is -2.36. The number of halogens is 1. The number of hydrogen-bond acceptors (Lipinski definition) is 6. The minimum Gasteiger partial charge on any atom is -0.463 e. The Balaban J connectivity index is 1.71. The molecule has 3 heterocycles. The van der Waals surface area contributed by atoms with Crippen LogP contribution in [-0.2, 0) is 14.3 Å². The van der Waals surface area contributed by atoms with Crippen molar-refractivity contribution in [2.75, 3.05) is 19.7 Å². The van der Waals surface area contributed by atoms with Crippen molar-refractivity contribution in [2.24, 2.45) is 4.99 Å². The van der Waals surface area contributed by atoms with Crippen molar-refractivity contribution in [3.8, 4) is 0 Å². The smallest absolute Gasteiger partial charge is 0.338 e. The summed E-state index contributed by atoms with van der Waals surface area (Å²) < 4.78 is 18.9. The first-order chi connectivity index (χ1) is 14.5. The molecule has 30 heavy (non-hydrogen) atoms. The number of esters is 1. The van der Waals surface area contributed by atoms with E-state index < -0.39 is 12.0 Å². The summed E-state index contributed by atoms with van der Waals surface area (Å²) in [5.41, 5.74) is 2.52. The molecule has 1 aromatic carbocycles. The van der Waals surface area contributed by atoms with E-state index in [1.807, 2.05) is 15.2 Å². The molecule has 1 amide bonds. The highest BCUT2D eigenvalue weighted by atomic mass is 32.2. The maximum absolute atomic E-state index is 13.6. The van der Waals surface area contributed by atoms with Crippen LogP contribution in [0.2, 0.25) is 0 Å². The van der Waals surface area contributed by atoms with E-state index in [0.29, 0.717) is 16.4 Å². The lowest BCUT2D eigenvalue weighted by molar-refractivity contribution is -0.139. The summed E-state index contributed by atoms with van der Waals surface area (Å²) in [7, 11) is 0. The van der Waals surface area contributed by atoms with Crippen LogP contribution in [-0.4, -0.2) is 46.5 Å². The molecule has 3 aliphatic rings. The van der Waals surface area contributed by atoms with Gasteiger partial charge in [0.25, 0.3) is 0 Å². The average Bonchev–Trinajstić information content (AvgIpc) is 3.38. The Hall–Kier alpha value is -2.61. The fraction of sp³-hybridized carbons (Fsp3) is 0.409. The van der Waals surface area contributed by atoms with Gasteiger partial charge in [-0.25, -0.2) is 14.2 Å². The number of carbonyl (C=O) groups is 2. The predicted octanol–water partition coefficient (Wildman–Crippen LogP) is 3.98. The largest absolute Gasteiger partial charge is 0.463 e. The third-order valence-corrected chi connectivity index (χ3v) is 6.36. The minimum absolute atomic E-state index is 0.0717. The van der Waals surface area contributed by atoms with Crippen LogP contribution in [0.4, 0.5) is 4.39 Å². The Morgan fingerprint density at radius 3 is 2.60 bits per heavy atom. The number of rotatable bonds is 5. The number of amides is 1. The molecule has 0 aliphatic carbocycles. The van der Waals surface area contributed by atoms with Crippen LogP contribution in [0.25, 0.3) is 0 Å². The first kappa shape index (κ1) is 20.7. The van der Waals surface area contributed by atoms with Crippen LogP contribution in [0.1, 0.15) is 44.7 Å². The molecule has 0 bridgehead atoms. The molecular weight excluding hydrogens is 405 g/mol. The fourth-order valence-electron chi connectivity index (χ4n) is 4.03. The monoisotopic (exact) mass is 429 g/mol. The highest BCUT2D eigenvalue weighted by Crippen LogP contribution is 2.45. The number of carbonyl (C=O) groups excluding carboxylic acids is 2. The quantitative estimate of drug-likeness (QED) is 0.663. The van der Waals surface area contributed by atoms with Gasteiger partial charge < -0.3 is 14.5 Å². The second-order valence-electron chi connectivity index (χ2n) is 7.43. The molecular formula is C22H24FN3O3S. The van der Waals surface area contributed by atoms with E-state index in [-0.39, 0.29) is 24.8 Å². The van der Waals surface area contributed by atoms with Crippen LogP contribution in [0.5, 0.6) is 0 Å². The Kier molecular flexibility index (Phi) is 5.94. The number of nitrogens with zero attached hydrogens (tertiary/aromatic N) is 3. The number of allylic oxidation sites excluding steroid dienone is 1.